The number of fused-ring (bicyclic) bond motifs is 1. The van der Waals surface area contributed by atoms with E-state index in [1.807, 2.05) is 58.0 Å². The maximum absolute atomic E-state index is 12.3. The molecule has 4 rings (SSSR count). The van der Waals surface area contributed by atoms with Gasteiger partial charge in [-0.25, -0.2) is 9.78 Å². The summed E-state index contributed by atoms with van der Waals surface area (Å²) in [6.45, 7) is 7.86. The number of hydrogen-bond donors (Lipinski definition) is 2. The minimum absolute atomic E-state index is 0.440. The van der Waals surface area contributed by atoms with Gasteiger partial charge < -0.3 is 9.73 Å². The molecule has 2 aromatic carbocycles. The molecule has 7 heteroatoms. The van der Waals surface area contributed by atoms with Crippen molar-refractivity contribution in [2.75, 3.05) is 10.7 Å². The van der Waals surface area contributed by atoms with Crippen LogP contribution in [0.3, 0.4) is 0 Å². The van der Waals surface area contributed by atoms with Gasteiger partial charge in [-0.05, 0) is 62.6 Å². The van der Waals surface area contributed by atoms with Crippen LogP contribution in [0.25, 0.3) is 11.1 Å². The van der Waals surface area contributed by atoms with E-state index in [1.165, 1.54) is 4.68 Å². The molecule has 28 heavy (non-hydrogen) atoms. The first kappa shape index (κ1) is 17.8. The molecule has 0 radical (unpaired) electrons. The molecule has 0 aliphatic carbocycles. The van der Waals surface area contributed by atoms with Gasteiger partial charge in [0.1, 0.15) is 5.52 Å². The minimum Gasteiger partial charge on any atom is -0.406 e. The summed E-state index contributed by atoms with van der Waals surface area (Å²) >= 11 is 0. The van der Waals surface area contributed by atoms with E-state index in [-0.39, 0.29) is 0 Å². The SMILES string of the molecule is Cc1cc(C)cc(Nc2ncc(C)c(Nn3c(=O)oc4c(C)cccc43)n2)c1. The summed E-state index contributed by atoms with van der Waals surface area (Å²) in [6.07, 6.45) is 1.71. The second-order valence-corrected chi connectivity index (χ2v) is 6.96. The van der Waals surface area contributed by atoms with E-state index in [9.17, 15) is 4.79 Å². The molecule has 7 nitrogen and oxygen atoms in total. The van der Waals surface area contributed by atoms with Crippen molar-refractivity contribution in [1.82, 2.24) is 14.6 Å². The molecule has 0 saturated heterocycles. The number of rotatable bonds is 4. The van der Waals surface area contributed by atoms with Gasteiger partial charge in [0.15, 0.2) is 11.4 Å². The number of aryl methyl sites for hydroxylation is 4. The van der Waals surface area contributed by atoms with Gasteiger partial charge in [0.05, 0.1) is 0 Å². The van der Waals surface area contributed by atoms with Gasteiger partial charge in [0.25, 0.3) is 0 Å². The van der Waals surface area contributed by atoms with E-state index in [4.69, 9.17) is 4.42 Å². The third-order valence-corrected chi connectivity index (χ3v) is 4.47. The highest BCUT2D eigenvalue weighted by atomic mass is 16.4. The summed E-state index contributed by atoms with van der Waals surface area (Å²) in [7, 11) is 0. The van der Waals surface area contributed by atoms with Crippen molar-refractivity contribution in [2.45, 2.75) is 27.7 Å². The van der Waals surface area contributed by atoms with E-state index < -0.39 is 5.76 Å². The van der Waals surface area contributed by atoms with Crippen molar-refractivity contribution in [3.8, 4) is 0 Å². The Morgan fingerprint density at radius 2 is 1.75 bits per heavy atom. The lowest BCUT2D eigenvalue weighted by Gasteiger charge is -2.12. The van der Waals surface area contributed by atoms with Crippen molar-refractivity contribution < 1.29 is 4.42 Å². The zero-order valence-corrected chi connectivity index (χ0v) is 16.2. The zero-order valence-electron chi connectivity index (χ0n) is 16.2. The zero-order chi connectivity index (χ0) is 19.8. The molecule has 0 saturated carbocycles. The summed E-state index contributed by atoms with van der Waals surface area (Å²) in [5, 5.41) is 3.22. The van der Waals surface area contributed by atoms with Crippen LogP contribution in [-0.2, 0) is 0 Å². The Balaban J connectivity index is 1.70. The molecule has 0 aliphatic rings. The standard InChI is InChI=1S/C21H21N5O2/c1-12-8-13(2)10-16(9-12)23-20-22-11-15(4)19(24-20)25-26-17-7-5-6-14(3)18(17)28-21(26)27/h5-11H,1-4H3,(H2,22,23,24,25). The van der Waals surface area contributed by atoms with Crippen LogP contribution in [0, 0.1) is 27.7 Å². The maximum atomic E-state index is 12.3. The molecule has 2 heterocycles. The highest BCUT2D eigenvalue weighted by Crippen LogP contribution is 2.21. The fraction of sp³-hybridized carbons (Fsp3) is 0.190. The average molecular weight is 375 g/mol. The number of benzene rings is 2. The lowest BCUT2D eigenvalue weighted by atomic mass is 10.1. The molecular formula is C21H21N5O2. The maximum Gasteiger partial charge on any atom is 0.439 e. The molecule has 0 unspecified atom stereocenters. The number of anilines is 3. The van der Waals surface area contributed by atoms with Crippen LogP contribution in [-0.4, -0.2) is 14.6 Å². The predicted molar refractivity (Wildman–Crippen MR) is 110 cm³/mol. The monoisotopic (exact) mass is 375 g/mol. The number of hydrogen-bond acceptors (Lipinski definition) is 6. The van der Waals surface area contributed by atoms with Gasteiger partial charge >= 0.3 is 5.76 Å². The lowest BCUT2D eigenvalue weighted by molar-refractivity contribution is 0.531. The van der Waals surface area contributed by atoms with Gasteiger partial charge in [-0.15, -0.1) is 0 Å². The molecule has 0 spiro atoms. The highest BCUT2D eigenvalue weighted by molar-refractivity contribution is 5.77. The van der Waals surface area contributed by atoms with Crippen LogP contribution in [0.2, 0.25) is 0 Å². The molecule has 2 aromatic heterocycles. The van der Waals surface area contributed by atoms with Gasteiger partial charge in [0, 0.05) is 17.4 Å². The van der Waals surface area contributed by atoms with E-state index in [2.05, 4.69) is 26.8 Å². The van der Waals surface area contributed by atoms with E-state index in [0.29, 0.717) is 22.9 Å². The van der Waals surface area contributed by atoms with Crippen LogP contribution in [0.15, 0.2) is 51.8 Å². The van der Waals surface area contributed by atoms with Crippen molar-refractivity contribution in [3.63, 3.8) is 0 Å². The first-order valence-corrected chi connectivity index (χ1v) is 8.98. The molecule has 0 fully saturated rings. The smallest absolute Gasteiger partial charge is 0.406 e. The Morgan fingerprint density at radius 1 is 1.00 bits per heavy atom. The van der Waals surface area contributed by atoms with Crippen LogP contribution in [0.1, 0.15) is 22.3 Å². The second kappa shape index (κ2) is 6.84. The summed E-state index contributed by atoms with van der Waals surface area (Å²) in [5.74, 6) is 0.467. The highest BCUT2D eigenvalue weighted by Gasteiger charge is 2.13. The van der Waals surface area contributed by atoms with Crippen LogP contribution >= 0.6 is 0 Å². The number of para-hydroxylation sites is 1. The molecule has 0 aliphatic heterocycles. The Bertz CT molecular complexity index is 1220. The summed E-state index contributed by atoms with van der Waals surface area (Å²) in [4.78, 5) is 21.2. The van der Waals surface area contributed by atoms with Gasteiger partial charge in [0.2, 0.25) is 5.95 Å². The topological polar surface area (TPSA) is 85.0 Å². The van der Waals surface area contributed by atoms with Gasteiger partial charge in [-0.2, -0.15) is 9.66 Å². The molecule has 0 amide bonds. The molecular weight excluding hydrogens is 354 g/mol. The van der Waals surface area contributed by atoms with Crippen molar-refractivity contribution in [1.29, 1.82) is 0 Å². The summed E-state index contributed by atoms with van der Waals surface area (Å²) in [5.41, 5.74) is 9.19. The molecule has 2 N–H and O–H groups in total. The van der Waals surface area contributed by atoms with Gasteiger partial charge in [-0.1, -0.05) is 18.2 Å². The number of oxazole rings is 1. The van der Waals surface area contributed by atoms with E-state index in [1.54, 1.807) is 6.20 Å². The number of nitrogens with zero attached hydrogens (tertiary/aromatic N) is 3. The largest absolute Gasteiger partial charge is 0.439 e. The summed E-state index contributed by atoms with van der Waals surface area (Å²) < 4.78 is 6.74. The Kier molecular flexibility index (Phi) is 4.35. The Morgan fingerprint density at radius 3 is 2.50 bits per heavy atom. The first-order valence-electron chi connectivity index (χ1n) is 8.98. The van der Waals surface area contributed by atoms with Crippen LogP contribution < -0.4 is 16.5 Å². The van der Waals surface area contributed by atoms with Crippen molar-refractivity contribution >= 4 is 28.6 Å². The Labute approximate surface area is 162 Å². The number of aromatic nitrogens is 3. The minimum atomic E-state index is -0.494. The fourth-order valence-corrected chi connectivity index (χ4v) is 3.18. The molecule has 142 valence electrons. The first-order chi connectivity index (χ1) is 13.4. The quantitative estimate of drug-likeness (QED) is 0.555. The van der Waals surface area contributed by atoms with E-state index in [0.717, 1.165) is 27.9 Å². The molecule has 0 atom stereocenters. The van der Waals surface area contributed by atoms with Crippen molar-refractivity contribution in [2.24, 2.45) is 0 Å². The van der Waals surface area contributed by atoms with Crippen LogP contribution in [0.5, 0.6) is 0 Å². The fourth-order valence-electron chi connectivity index (χ4n) is 3.18. The third-order valence-electron chi connectivity index (χ3n) is 4.47. The van der Waals surface area contributed by atoms with Crippen molar-refractivity contribution in [3.05, 3.63) is 75.4 Å². The third kappa shape index (κ3) is 3.34. The molecule has 4 aromatic rings. The normalized spacial score (nSPS) is 11.0. The Hall–Kier alpha value is -3.61. The van der Waals surface area contributed by atoms with Crippen LogP contribution in [0.4, 0.5) is 17.5 Å². The van der Waals surface area contributed by atoms with Gasteiger partial charge in [-0.3, -0.25) is 5.43 Å². The molecule has 0 bridgehead atoms. The summed E-state index contributed by atoms with van der Waals surface area (Å²) in [6, 6.07) is 11.8. The predicted octanol–water partition coefficient (Wildman–Crippen LogP) is 4.24. The lowest BCUT2D eigenvalue weighted by Crippen LogP contribution is -2.23. The van der Waals surface area contributed by atoms with E-state index >= 15 is 0 Å². The number of nitrogens with one attached hydrogen (secondary N) is 2. The average Bonchev–Trinajstić information content (AvgIpc) is 2.94. The second-order valence-electron chi connectivity index (χ2n) is 6.96.